The molecule has 0 fully saturated rings. The molecular formula is C24H24N6O2S. The van der Waals surface area contributed by atoms with Crippen LogP contribution in [-0.2, 0) is 9.59 Å². The van der Waals surface area contributed by atoms with Gasteiger partial charge in [-0.25, -0.2) is 10.9 Å². The zero-order chi connectivity index (χ0) is 23.2. The third-order valence-corrected chi connectivity index (χ3v) is 6.39. The van der Waals surface area contributed by atoms with Crippen molar-refractivity contribution in [3.63, 3.8) is 0 Å². The third kappa shape index (κ3) is 5.32. The first-order chi connectivity index (χ1) is 16.0. The number of rotatable bonds is 8. The number of nitrogens with zero attached hydrogens (tertiary/aromatic N) is 2. The highest BCUT2D eigenvalue weighted by atomic mass is 32.2. The van der Waals surface area contributed by atoms with Crippen molar-refractivity contribution in [1.82, 2.24) is 20.8 Å². The van der Waals surface area contributed by atoms with E-state index in [1.54, 1.807) is 26.3 Å². The van der Waals surface area contributed by atoms with Gasteiger partial charge in [0.15, 0.2) is 0 Å². The summed E-state index contributed by atoms with van der Waals surface area (Å²) in [6.07, 6.45) is 6.87. The number of hydrogen-bond acceptors (Lipinski definition) is 5. The van der Waals surface area contributed by atoms with E-state index in [9.17, 15) is 9.59 Å². The van der Waals surface area contributed by atoms with Gasteiger partial charge in [-0.3, -0.25) is 9.59 Å². The molecule has 0 bridgehead atoms. The molecule has 4 N–H and O–H groups in total. The Morgan fingerprint density at radius 1 is 0.788 bits per heavy atom. The fourth-order valence-electron chi connectivity index (χ4n) is 3.34. The zero-order valence-electron chi connectivity index (χ0n) is 18.2. The Kier molecular flexibility index (Phi) is 6.89. The molecule has 2 aromatic heterocycles. The molecule has 4 aromatic rings. The SMILES string of the molecule is C[C@H](S[C@@H](C)C(=O)N/N=C/c1c[nH]c2ccccc12)C(=O)N/N=C/c1c[nH]c2ccccc12. The van der Waals surface area contributed by atoms with Gasteiger partial charge in [-0.15, -0.1) is 11.8 Å². The molecule has 9 heteroatoms. The highest BCUT2D eigenvalue weighted by Crippen LogP contribution is 2.19. The number of fused-ring (bicyclic) bond motifs is 2. The second-order valence-electron chi connectivity index (χ2n) is 7.47. The highest BCUT2D eigenvalue weighted by Gasteiger charge is 2.21. The van der Waals surface area contributed by atoms with E-state index < -0.39 is 10.5 Å². The number of aromatic amines is 2. The van der Waals surface area contributed by atoms with Crippen LogP contribution in [0.25, 0.3) is 21.8 Å². The largest absolute Gasteiger partial charge is 0.361 e. The average Bonchev–Trinajstić information content (AvgIpc) is 3.43. The quantitative estimate of drug-likeness (QED) is 0.237. The second-order valence-corrected chi connectivity index (χ2v) is 9.15. The van der Waals surface area contributed by atoms with Gasteiger partial charge in [0.2, 0.25) is 0 Å². The zero-order valence-corrected chi connectivity index (χ0v) is 19.0. The van der Waals surface area contributed by atoms with Crippen molar-refractivity contribution in [2.45, 2.75) is 24.3 Å². The number of carbonyl (C=O) groups is 2. The minimum Gasteiger partial charge on any atom is -0.361 e. The van der Waals surface area contributed by atoms with Crippen molar-refractivity contribution in [2.24, 2.45) is 10.2 Å². The van der Waals surface area contributed by atoms with Gasteiger partial charge in [0.25, 0.3) is 11.8 Å². The maximum Gasteiger partial charge on any atom is 0.252 e. The number of aromatic nitrogens is 2. The van der Waals surface area contributed by atoms with E-state index in [1.807, 2.05) is 60.9 Å². The molecule has 0 aliphatic rings. The van der Waals surface area contributed by atoms with E-state index in [-0.39, 0.29) is 11.8 Å². The molecule has 168 valence electrons. The van der Waals surface area contributed by atoms with Crippen molar-refractivity contribution >= 4 is 57.8 Å². The number of carbonyl (C=O) groups excluding carboxylic acids is 2. The fraction of sp³-hybridized carbons (Fsp3) is 0.167. The van der Waals surface area contributed by atoms with Gasteiger partial charge < -0.3 is 9.97 Å². The van der Waals surface area contributed by atoms with Crippen LogP contribution in [0.1, 0.15) is 25.0 Å². The van der Waals surface area contributed by atoms with Crippen molar-refractivity contribution in [2.75, 3.05) is 0 Å². The van der Waals surface area contributed by atoms with Crippen molar-refractivity contribution in [3.8, 4) is 0 Å². The maximum absolute atomic E-state index is 12.4. The van der Waals surface area contributed by atoms with Gasteiger partial charge in [0.1, 0.15) is 0 Å². The Labute approximate surface area is 194 Å². The molecule has 33 heavy (non-hydrogen) atoms. The predicted molar refractivity (Wildman–Crippen MR) is 135 cm³/mol. The number of H-pyrrole nitrogens is 2. The van der Waals surface area contributed by atoms with E-state index in [2.05, 4.69) is 31.0 Å². The Bertz CT molecular complexity index is 1240. The summed E-state index contributed by atoms with van der Waals surface area (Å²) in [4.78, 5) is 31.1. The molecule has 0 aliphatic heterocycles. The molecule has 0 saturated heterocycles. The van der Waals surface area contributed by atoms with Gasteiger partial charge in [0.05, 0.1) is 22.9 Å². The third-order valence-electron chi connectivity index (χ3n) is 5.15. The highest BCUT2D eigenvalue weighted by molar-refractivity contribution is 8.01. The number of para-hydroxylation sites is 2. The van der Waals surface area contributed by atoms with Gasteiger partial charge in [-0.05, 0) is 26.0 Å². The topological polar surface area (TPSA) is 114 Å². The minimum absolute atomic E-state index is 0.280. The lowest BCUT2D eigenvalue weighted by Crippen LogP contribution is -2.33. The fourth-order valence-corrected chi connectivity index (χ4v) is 4.31. The van der Waals surface area contributed by atoms with Crippen LogP contribution in [0.15, 0.2) is 71.1 Å². The maximum atomic E-state index is 12.4. The van der Waals surface area contributed by atoms with Crippen LogP contribution in [0.4, 0.5) is 0 Å². The summed E-state index contributed by atoms with van der Waals surface area (Å²) in [6, 6.07) is 15.7. The lowest BCUT2D eigenvalue weighted by atomic mass is 10.2. The summed E-state index contributed by atoms with van der Waals surface area (Å²) in [6.45, 7) is 3.47. The molecule has 0 unspecified atom stereocenters. The molecular weight excluding hydrogens is 436 g/mol. The van der Waals surface area contributed by atoms with Gasteiger partial charge in [-0.2, -0.15) is 10.2 Å². The van der Waals surface area contributed by atoms with Gasteiger partial charge in [-0.1, -0.05) is 36.4 Å². The summed E-state index contributed by atoms with van der Waals surface area (Å²) < 4.78 is 0. The summed E-state index contributed by atoms with van der Waals surface area (Å²) >= 11 is 1.23. The molecule has 2 atom stereocenters. The van der Waals surface area contributed by atoms with Gasteiger partial charge in [0, 0.05) is 45.3 Å². The Balaban J connectivity index is 1.26. The lowest BCUT2D eigenvalue weighted by Gasteiger charge is -2.14. The second kappa shape index (κ2) is 10.2. The summed E-state index contributed by atoms with van der Waals surface area (Å²) in [7, 11) is 0. The van der Waals surface area contributed by atoms with Crippen LogP contribution >= 0.6 is 11.8 Å². The van der Waals surface area contributed by atoms with E-state index in [0.29, 0.717) is 0 Å². The standard InChI is InChI=1S/C24H24N6O2S/c1-15(23(31)29-27-13-17-11-25-21-9-5-3-7-19(17)21)33-16(2)24(32)30-28-14-18-12-26-22-10-6-4-8-20(18)22/h3-16,25-26H,1-2H3,(H,29,31)(H,30,32)/b27-13+,28-14+/t15-,16-/m0/s1. The lowest BCUT2D eigenvalue weighted by molar-refractivity contribution is -0.120. The smallest absolute Gasteiger partial charge is 0.252 e. The predicted octanol–water partition coefficient (Wildman–Crippen LogP) is 3.76. The van der Waals surface area contributed by atoms with Crippen molar-refractivity contribution < 1.29 is 9.59 Å². The van der Waals surface area contributed by atoms with Crippen LogP contribution < -0.4 is 10.9 Å². The summed E-state index contributed by atoms with van der Waals surface area (Å²) in [5, 5.41) is 9.22. The average molecular weight is 461 g/mol. The first-order valence-electron chi connectivity index (χ1n) is 10.5. The van der Waals surface area contributed by atoms with Crippen molar-refractivity contribution in [1.29, 1.82) is 0 Å². The van der Waals surface area contributed by atoms with E-state index in [0.717, 1.165) is 32.9 Å². The number of hydrazone groups is 2. The Morgan fingerprint density at radius 2 is 1.21 bits per heavy atom. The number of amides is 2. The molecule has 0 saturated carbocycles. The first-order valence-corrected chi connectivity index (χ1v) is 11.4. The van der Waals surface area contributed by atoms with Crippen LogP contribution in [0, 0.1) is 0 Å². The molecule has 2 aromatic carbocycles. The van der Waals surface area contributed by atoms with Crippen molar-refractivity contribution in [3.05, 3.63) is 72.1 Å². The molecule has 4 rings (SSSR count). The normalized spacial score (nSPS) is 13.6. The number of nitrogens with one attached hydrogen (secondary N) is 4. The van der Waals surface area contributed by atoms with E-state index in [1.165, 1.54) is 11.8 Å². The molecule has 2 amide bonds. The monoisotopic (exact) mass is 460 g/mol. The van der Waals surface area contributed by atoms with E-state index in [4.69, 9.17) is 0 Å². The number of benzene rings is 2. The molecule has 0 aliphatic carbocycles. The van der Waals surface area contributed by atoms with E-state index >= 15 is 0 Å². The Hall–Kier alpha value is -3.85. The summed E-state index contributed by atoms with van der Waals surface area (Å²) in [5.41, 5.74) is 8.84. The molecule has 2 heterocycles. The van der Waals surface area contributed by atoms with Crippen LogP contribution in [0.2, 0.25) is 0 Å². The van der Waals surface area contributed by atoms with Gasteiger partial charge >= 0.3 is 0 Å². The number of thioether (sulfide) groups is 1. The molecule has 8 nitrogen and oxygen atoms in total. The van der Waals surface area contributed by atoms with Crippen LogP contribution in [-0.4, -0.2) is 44.7 Å². The Morgan fingerprint density at radius 3 is 1.67 bits per heavy atom. The van der Waals surface area contributed by atoms with Crippen LogP contribution in [0.5, 0.6) is 0 Å². The van der Waals surface area contributed by atoms with Crippen LogP contribution in [0.3, 0.4) is 0 Å². The minimum atomic E-state index is -0.469. The first kappa shape index (κ1) is 22.3. The molecule has 0 radical (unpaired) electrons. The number of hydrogen-bond donors (Lipinski definition) is 4. The molecule has 0 spiro atoms. The summed E-state index contributed by atoms with van der Waals surface area (Å²) in [5.74, 6) is -0.559.